The Kier molecular flexibility index (Phi) is 2.35. The monoisotopic (exact) mass is 231 g/mol. The summed E-state index contributed by atoms with van der Waals surface area (Å²) in [7, 11) is 0. The maximum Gasteiger partial charge on any atom is 0.310 e. The van der Waals surface area contributed by atoms with Crippen LogP contribution < -0.4 is 5.32 Å². The second-order valence-electron chi connectivity index (χ2n) is 5.19. The van der Waals surface area contributed by atoms with Crippen LogP contribution in [-0.2, 0) is 4.79 Å². The molecule has 3 rings (SSSR count). The Balaban J connectivity index is 1.95. The SMILES string of the molecule is CC(C(=O)O)C1=CC2=C3NCCC3CC2C=C1. The average Bonchev–Trinajstić information content (AvgIpc) is 2.87. The van der Waals surface area contributed by atoms with Crippen LogP contribution in [0.3, 0.4) is 0 Å². The minimum Gasteiger partial charge on any atom is -0.481 e. The maximum atomic E-state index is 11.0. The van der Waals surface area contributed by atoms with E-state index in [2.05, 4.69) is 17.5 Å². The van der Waals surface area contributed by atoms with Gasteiger partial charge in [-0.15, -0.1) is 0 Å². The number of hydrogen-bond acceptors (Lipinski definition) is 2. The molecule has 1 aliphatic heterocycles. The summed E-state index contributed by atoms with van der Waals surface area (Å²) in [5.74, 6) is 0.0163. The summed E-state index contributed by atoms with van der Waals surface area (Å²) < 4.78 is 0. The van der Waals surface area contributed by atoms with Gasteiger partial charge in [-0.25, -0.2) is 0 Å². The highest BCUT2D eigenvalue weighted by Gasteiger charge is 2.36. The summed E-state index contributed by atoms with van der Waals surface area (Å²) in [6.45, 7) is 2.82. The maximum absolute atomic E-state index is 11.0. The number of carboxylic acids is 1. The molecule has 90 valence electrons. The topological polar surface area (TPSA) is 49.3 Å². The number of carbonyl (C=O) groups is 1. The van der Waals surface area contributed by atoms with Crippen molar-refractivity contribution < 1.29 is 9.90 Å². The van der Waals surface area contributed by atoms with Crippen LogP contribution in [0.15, 0.2) is 35.1 Å². The van der Waals surface area contributed by atoms with E-state index in [9.17, 15) is 4.79 Å². The molecule has 0 amide bonds. The van der Waals surface area contributed by atoms with E-state index in [0.29, 0.717) is 11.8 Å². The van der Waals surface area contributed by atoms with Crippen molar-refractivity contribution in [2.24, 2.45) is 17.8 Å². The van der Waals surface area contributed by atoms with E-state index < -0.39 is 11.9 Å². The molecule has 0 bridgehead atoms. The van der Waals surface area contributed by atoms with Gasteiger partial charge in [-0.3, -0.25) is 4.79 Å². The second kappa shape index (κ2) is 3.76. The molecule has 0 saturated carbocycles. The van der Waals surface area contributed by atoms with Gasteiger partial charge in [0.1, 0.15) is 0 Å². The molecule has 3 unspecified atom stereocenters. The van der Waals surface area contributed by atoms with E-state index in [-0.39, 0.29) is 0 Å². The number of aliphatic carboxylic acids is 1. The van der Waals surface area contributed by atoms with Gasteiger partial charge in [-0.2, -0.15) is 0 Å². The lowest BCUT2D eigenvalue weighted by Crippen LogP contribution is -2.15. The summed E-state index contributed by atoms with van der Waals surface area (Å²) >= 11 is 0. The van der Waals surface area contributed by atoms with Gasteiger partial charge in [0.15, 0.2) is 0 Å². The first kappa shape index (κ1) is 10.6. The zero-order valence-corrected chi connectivity index (χ0v) is 9.94. The van der Waals surface area contributed by atoms with E-state index in [0.717, 1.165) is 12.1 Å². The normalized spacial score (nSPS) is 31.7. The molecule has 3 atom stereocenters. The van der Waals surface area contributed by atoms with E-state index >= 15 is 0 Å². The molecule has 0 aromatic carbocycles. The molecule has 17 heavy (non-hydrogen) atoms. The zero-order chi connectivity index (χ0) is 12.0. The van der Waals surface area contributed by atoms with Crippen molar-refractivity contribution in [1.82, 2.24) is 5.32 Å². The summed E-state index contributed by atoms with van der Waals surface area (Å²) in [6.07, 6.45) is 8.68. The lowest BCUT2D eigenvalue weighted by Gasteiger charge is -2.18. The Morgan fingerprint density at radius 2 is 2.41 bits per heavy atom. The van der Waals surface area contributed by atoms with Crippen LogP contribution in [0.5, 0.6) is 0 Å². The number of fused-ring (bicyclic) bond motifs is 2. The lowest BCUT2D eigenvalue weighted by molar-refractivity contribution is -0.139. The molecule has 1 heterocycles. The highest BCUT2D eigenvalue weighted by atomic mass is 16.4. The Bertz CT molecular complexity index is 459. The fourth-order valence-electron chi connectivity index (χ4n) is 3.11. The predicted molar refractivity (Wildman–Crippen MR) is 65.3 cm³/mol. The highest BCUT2D eigenvalue weighted by Crippen LogP contribution is 2.44. The minimum atomic E-state index is -0.751. The Labute approximate surface area is 101 Å². The fraction of sp³-hybridized carbons (Fsp3) is 0.500. The molecule has 3 aliphatic rings. The molecule has 1 fully saturated rings. The first-order chi connectivity index (χ1) is 8.16. The first-order valence-corrected chi connectivity index (χ1v) is 6.27. The largest absolute Gasteiger partial charge is 0.481 e. The molecular weight excluding hydrogens is 214 g/mol. The van der Waals surface area contributed by atoms with Crippen LogP contribution in [0.4, 0.5) is 0 Å². The number of rotatable bonds is 2. The summed E-state index contributed by atoms with van der Waals surface area (Å²) in [5.41, 5.74) is 3.62. The van der Waals surface area contributed by atoms with Gasteiger partial charge in [0, 0.05) is 24.1 Å². The third-order valence-electron chi connectivity index (χ3n) is 4.18. The van der Waals surface area contributed by atoms with Crippen LogP contribution >= 0.6 is 0 Å². The molecule has 1 saturated heterocycles. The molecule has 0 spiro atoms. The number of allylic oxidation sites excluding steroid dienone is 5. The molecule has 0 aromatic rings. The highest BCUT2D eigenvalue weighted by molar-refractivity contribution is 5.74. The summed E-state index contributed by atoms with van der Waals surface area (Å²) in [6, 6.07) is 0. The van der Waals surface area contributed by atoms with Gasteiger partial charge in [0.05, 0.1) is 5.92 Å². The van der Waals surface area contributed by atoms with Crippen molar-refractivity contribution in [2.75, 3.05) is 6.54 Å². The van der Waals surface area contributed by atoms with Crippen molar-refractivity contribution in [3.8, 4) is 0 Å². The van der Waals surface area contributed by atoms with Crippen molar-refractivity contribution >= 4 is 5.97 Å². The lowest BCUT2D eigenvalue weighted by atomic mass is 9.87. The van der Waals surface area contributed by atoms with Crippen LogP contribution in [0.1, 0.15) is 19.8 Å². The fourth-order valence-corrected chi connectivity index (χ4v) is 3.11. The Hall–Kier alpha value is -1.51. The van der Waals surface area contributed by atoms with E-state index in [1.807, 2.05) is 6.08 Å². The second-order valence-corrected chi connectivity index (χ2v) is 5.19. The third-order valence-corrected chi connectivity index (χ3v) is 4.18. The molecular formula is C14H17NO2. The van der Waals surface area contributed by atoms with E-state index in [4.69, 9.17) is 5.11 Å². The first-order valence-electron chi connectivity index (χ1n) is 6.27. The molecule has 3 nitrogen and oxygen atoms in total. The predicted octanol–water partition coefficient (Wildman–Crippen LogP) is 2.09. The van der Waals surface area contributed by atoms with Gasteiger partial charge in [0.2, 0.25) is 0 Å². The minimum absolute atomic E-state index is 0.416. The molecule has 2 aliphatic carbocycles. The van der Waals surface area contributed by atoms with Crippen molar-refractivity contribution in [2.45, 2.75) is 19.8 Å². The number of hydrogen-bond donors (Lipinski definition) is 2. The van der Waals surface area contributed by atoms with Crippen LogP contribution in [-0.4, -0.2) is 17.6 Å². The molecule has 0 aromatic heterocycles. The van der Waals surface area contributed by atoms with Gasteiger partial charge in [-0.05, 0) is 30.9 Å². The molecule has 0 radical (unpaired) electrons. The van der Waals surface area contributed by atoms with Crippen molar-refractivity contribution in [1.29, 1.82) is 0 Å². The quantitative estimate of drug-likeness (QED) is 0.765. The van der Waals surface area contributed by atoms with Gasteiger partial charge in [-0.1, -0.05) is 18.2 Å². The van der Waals surface area contributed by atoms with Crippen LogP contribution in [0.2, 0.25) is 0 Å². The summed E-state index contributed by atoms with van der Waals surface area (Å²) in [5, 5.41) is 12.5. The van der Waals surface area contributed by atoms with E-state index in [1.165, 1.54) is 24.1 Å². The number of carboxylic acid groups (broad SMARTS) is 1. The van der Waals surface area contributed by atoms with Gasteiger partial charge in [0.25, 0.3) is 0 Å². The molecule has 3 heteroatoms. The van der Waals surface area contributed by atoms with E-state index in [1.54, 1.807) is 6.92 Å². The van der Waals surface area contributed by atoms with Crippen LogP contribution in [0, 0.1) is 17.8 Å². The van der Waals surface area contributed by atoms with Crippen molar-refractivity contribution in [3.63, 3.8) is 0 Å². The zero-order valence-electron chi connectivity index (χ0n) is 9.94. The Morgan fingerprint density at radius 1 is 1.59 bits per heavy atom. The third kappa shape index (κ3) is 1.61. The smallest absolute Gasteiger partial charge is 0.310 e. The number of nitrogens with one attached hydrogen (secondary N) is 1. The van der Waals surface area contributed by atoms with Crippen molar-refractivity contribution in [3.05, 3.63) is 35.1 Å². The molecule has 2 N–H and O–H groups in total. The van der Waals surface area contributed by atoms with Crippen LogP contribution in [0.25, 0.3) is 0 Å². The standard InChI is InChI=1S/C14H17NO2/c1-8(14(16)17)9-2-3-10-6-11-4-5-15-13(11)12(10)7-9/h2-3,7-8,10-11,15H,4-6H2,1H3,(H,16,17). The summed E-state index contributed by atoms with van der Waals surface area (Å²) in [4.78, 5) is 11.0. The Morgan fingerprint density at radius 3 is 3.18 bits per heavy atom. The van der Waals surface area contributed by atoms with Gasteiger partial charge >= 0.3 is 5.97 Å². The average molecular weight is 231 g/mol. The van der Waals surface area contributed by atoms with Gasteiger partial charge < -0.3 is 10.4 Å².